The molecule has 0 amide bonds. The second-order valence-corrected chi connectivity index (χ2v) is 4.68. The average Bonchev–Trinajstić information content (AvgIpc) is 2.40. The minimum Gasteiger partial charge on any atom is -0.395 e. The Morgan fingerprint density at radius 1 is 1.22 bits per heavy atom. The van der Waals surface area contributed by atoms with Gasteiger partial charge in [0.05, 0.1) is 12.3 Å². The highest BCUT2D eigenvalue weighted by Gasteiger charge is 2.20. The third-order valence-corrected chi connectivity index (χ3v) is 3.29. The fraction of sp³-hybridized carbons (Fsp3) is 0.538. The van der Waals surface area contributed by atoms with Crippen LogP contribution < -0.4 is 10.6 Å². The second kappa shape index (κ2) is 6.13. The molecule has 100 valence electrons. The van der Waals surface area contributed by atoms with Gasteiger partial charge in [-0.05, 0) is 12.1 Å². The van der Waals surface area contributed by atoms with E-state index in [-0.39, 0.29) is 18.5 Å². The number of hydrogen-bond acceptors (Lipinski definition) is 4. The third kappa shape index (κ3) is 3.19. The largest absolute Gasteiger partial charge is 0.395 e. The molecule has 1 aliphatic rings. The van der Waals surface area contributed by atoms with Gasteiger partial charge in [-0.25, -0.2) is 4.39 Å². The fourth-order valence-corrected chi connectivity index (χ4v) is 2.27. The van der Waals surface area contributed by atoms with Crippen molar-refractivity contribution in [3.63, 3.8) is 0 Å². The normalized spacial score (nSPS) is 18.9. The van der Waals surface area contributed by atoms with Gasteiger partial charge in [-0.1, -0.05) is 12.1 Å². The number of nitrogens with zero attached hydrogens (tertiary/aromatic N) is 2. The van der Waals surface area contributed by atoms with Gasteiger partial charge in [0.2, 0.25) is 0 Å². The van der Waals surface area contributed by atoms with Crippen LogP contribution in [0.2, 0.25) is 0 Å². The number of anilines is 1. The van der Waals surface area contributed by atoms with Crippen molar-refractivity contribution in [3.8, 4) is 0 Å². The van der Waals surface area contributed by atoms with Gasteiger partial charge in [0.1, 0.15) is 5.82 Å². The zero-order chi connectivity index (χ0) is 13.0. The average molecular weight is 253 g/mol. The van der Waals surface area contributed by atoms with Gasteiger partial charge in [-0.15, -0.1) is 0 Å². The van der Waals surface area contributed by atoms with Crippen molar-refractivity contribution in [1.29, 1.82) is 0 Å². The SMILES string of the molecule is NC(CO)CN1CCN(c2ccccc2F)CC1. The molecule has 0 saturated carbocycles. The molecule has 0 spiro atoms. The lowest BCUT2D eigenvalue weighted by molar-refractivity contribution is 0.194. The Morgan fingerprint density at radius 2 is 1.89 bits per heavy atom. The van der Waals surface area contributed by atoms with E-state index in [9.17, 15) is 4.39 Å². The second-order valence-electron chi connectivity index (χ2n) is 4.68. The van der Waals surface area contributed by atoms with Crippen LogP contribution in [0.25, 0.3) is 0 Å². The summed E-state index contributed by atoms with van der Waals surface area (Å²) in [5.41, 5.74) is 6.38. The van der Waals surface area contributed by atoms with Crippen LogP contribution in [0.1, 0.15) is 0 Å². The van der Waals surface area contributed by atoms with Crippen LogP contribution in [-0.4, -0.2) is 55.4 Å². The van der Waals surface area contributed by atoms with Crippen LogP contribution in [0, 0.1) is 5.82 Å². The van der Waals surface area contributed by atoms with Crippen molar-refractivity contribution in [2.24, 2.45) is 5.73 Å². The van der Waals surface area contributed by atoms with E-state index in [1.807, 2.05) is 12.1 Å². The van der Waals surface area contributed by atoms with E-state index in [1.165, 1.54) is 6.07 Å². The number of rotatable bonds is 4. The number of para-hydroxylation sites is 1. The highest BCUT2D eigenvalue weighted by atomic mass is 19.1. The number of halogens is 1. The monoisotopic (exact) mass is 253 g/mol. The summed E-state index contributed by atoms with van der Waals surface area (Å²) in [7, 11) is 0. The molecule has 1 fully saturated rings. The Hall–Kier alpha value is -1.17. The molecule has 1 saturated heterocycles. The van der Waals surface area contributed by atoms with Crippen LogP contribution in [-0.2, 0) is 0 Å². The van der Waals surface area contributed by atoms with Crippen molar-refractivity contribution in [2.75, 3.05) is 44.2 Å². The number of piperazine rings is 1. The van der Waals surface area contributed by atoms with Crippen LogP contribution in [0.4, 0.5) is 10.1 Å². The highest BCUT2D eigenvalue weighted by Crippen LogP contribution is 2.19. The first-order valence-electron chi connectivity index (χ1n) is 6.29. The molecule has 3 N–H and O–H groups in total. The van der Waals surface area contributed by atoms with Crippen molar-refractivity contribution in [3.05, 3.63) is 30.1 Å². The van der Waals surface area contributed by atoms with E-state index in [1.54, 1.807) is 6.07 Å². The van der Waals surface area contributed by atoms with E-state index in [4.69, 9.17) is 10.8 Å². The molecule has 2 rings (SSSR count). The van der Waals surface area contributed by atoms with Gasteiger partial charge in [0.25, 0.3) is 0 Å². The van der Waals surface area contributed by atoms with Gasteiger partial charge >= 0.3 is 0 Å². The fourth-order valence-electron chi connectivity index (χ4n) is 2.27. The summed E-state index contributed by atoms with van der Waals surface area (Å²) >= 11 is 0. The Bertz CT molecular complexity index is 380. The van der Waals surface area contributed by atoms with Crippen LogP contribution in [0.15, 0.2) is 24.3 Å². The number of hydrogen-bond donors (Lipinski definition) is 2. The van der Waals surface area contributed by atoms with Gasteiger partial charge in [0, 0.05) is 38.8 Å². The zero-order valence-corrected chi connectivity index (χ0v) is 10.4. The molecule has 1 aromatic rings. The molecule has 4 nitrogen and oxygen atoms in total. The maximum Gasteiger partial charge on any atom is 0.146 e. The van der Waals surface area contributed by atoms with E-state index in [0.29, 0.717) is 12.2 Å². The predicted octanol–water partition coefficient (Wildman–Crippen LogP) is 0.267. The molecule has 1 aromatic carbocycles. The number of aliphatic hydroxyl groups is 1. The first kappa shape index (κ1) is 13.3. The minimum absolute atomic E-state index is 0.00747. The minimum atomic E-state index is -0.190. The van der Waals surface area contributed by atoms with E-state index < -0.39 is 0 Å². The Labute approximate surface area is 107 Å². The lowest BCUT2D eigenvalue weighted by Crippen LogP contribution is -2.50. The number of nitrogens with two attached hydrogens (primary N) is 1. The Balaban J connectivity index is 1.89. The molecule has 1 aliphatic heterocycles. The van der Waals surface area contributed by atoms with E-state index in [2.05, 4.69) is 9.80 Å². The lowest BCUT2D eigenvalue weighted by Gasteiger charge is -2.37. The molecule has 0 radical (unpaired) electrons. The van der Waals surface area contributed by atoms with Gasteiger partial charge in [0.15, 0.2) is 0 Å². The topological polar surface area (TPSA) is 52.7 Å². The van der Waals surface area contributed by atoms with Crippen molar-refractivity contribution in [1.82, 2.24) is 4.90 Å². The quantitative estimate of drug-likeness (QED) is 0.808. The molecular weight excluding hydrogens is 233 g/mol. The summed E-state index contributed by atoms with van der Waals surface area (Å²) in [6.07, 6.45) is 0. The molecular formula is C13H20FN3O. The summed E-state index contributed by atoms with van der Waals surface area (Å²) in [4.78, 5) is 4.26. The molecule has 1 unspecified atom stereocenters. The summed E-state index contributed by atoms with van der Waals surface area (Å²) in [5, 5.41) is 8.92. The Morgan fingerprint density at radius 3 is 2.50 bits per heavy atom. The van der Waals surface area contributed by atoms with Gasteiger partial charge in [-0.2, -0.15) is 0 Å². The summed E-state index contributed by atoms with van der Waals surface area (Å²) in [6.45, 7) is 3.98. The van der Waals surface area contributed by atoms with Crippen LogP contribution in [0.5, 0.6) is 0 Å². The van der Waals surface area contributed by atoms with Gasteiger partial charge in [-0.3, -0.25) is 4.90 Å². The first-order chi connectivity index (χ1) is 8.70. The molecule has 1 heterocycles. The molecule has 0 aliphatic carbocycles. The summed E-state index contributed by atoms with van der Waals surface area (Å²) < 4.78 is 13.6. The van der Waals surface area contributed by atoms with E-state index >= 15 is 0 Å². The highest BCUT2D eigenvalue weighted by molar-refractivity contribution is 5.47. The number of aliphatic hydroxyl groups excluding tert-OH is 1. The summed E-state index contributed by atoms with van der Waals surface area (Å²) in [5.74, 6) is -0.169. The smallest absolute Gasteiger partial charge is 0.146 e. The molecule has 5 heteroatoms. The third-order valence-electron chi connectivity index (χ3n) is 3.29. The lowest BCUT2D eigenvalue weighted by atomic mass is 10.2. The van der Waals surface area contributed by atoms with Crippen LogP contribution in [0.3, 0.4) is 0 Å². The van der Waals surface area contributed by atoms with Crippen molar-refractivity contribution < 1.29 is 9.50 Å². The first-order valence-corrected chi connectivity index (χ1v) is 6.29. The Kier molecular flexibility index (Phi) is 4.52. The zero-order valence-electron chi connectivity index (χ0n) is 10.4. The maximum atomic E-state index is 13.6. The predicted molar refractivity (Wildman–Crippen MR) is 70.1 cm³/mol. The van der Waals surface area contributed by atoms with Crippen LogP contribution >= 0.6 is 0 Å². The van der Waals surface area contributed by atoms with Crippen molar-refractivity contribution in [2.45, 2.75) is 6.04 Å². The molecule has 18 heavy (non-hydrogen) atoms. The number of benzene rings is 1. The van der Waals surface area contributed by atoms with E-state index in [0.717, 1.165) is 26.2 Å². The standard InChI is InChI=1S/C13H20FN3O/c14-12-3-1-2-4-13(12)17-7-5-16(6-8-17)9-11(15)10-18/h1-4,11,18H,5-10,15H2. The summed E-state index contributed by atoms with van der Waals surface area (Å²) in [6, 6.07) is 6.67. The molecule has 0 aromatic heterocycles. The molecule has 0 bridgehead atoms. The molecule has 1 atom stereocenters. The van der Waals surface area contributed by atoms with Crippen molar-refractivity contribution >= 4 is 5.69 Å². The van der Waals surface area contributed by atoms with Gasteiger partial charge < -0.3 is 15.7 Å². The maximum absolute atomic E-state index is 13.6.